The van der Waals surface area contributed by atoms with Gasteiger partial charge >= 0.3 is 5.91 Å². The minimum absolute atomic E-state index is 0.271. The summed E-state index contributed by atoms with van der Waals surface area (Å²) in [6.07, 6.45) is 1.90. The van der Waals surface area contributed by atoms with E-state index in [1.165, 1.54) is 0 Å². The molecule has 2 atom stereocenters. The second kappa shape index (κ2) is 11.1. The van der Waals surface area contributed by atoms with Gasteiger partial charge in [0.15, 0.2) is 6.04 Å². The number of hydrazine groups is 1. The van der Waals surface area contributed by atoms with E-state index in [9.17, 15) is 9.59 Å². The van der Waals surface area contributed by atoms with Crippen molar-refractivity contribution >= 4 is 23.7 Å². The maximum absolute atomic E-state index is 13.1. The molecule has 0 aliphatic carbocycles. The van der Waals surface area contributed by atoms with E-state index in [-0.39, 0.29) is 11.8 Å². The molecule has 4 rings (SSSR count). The summed E-state index contributed by atoms with van der Waals surface area (Å²) in [4.78, 5) is 28.4. The summed E-state index contributed by atoms with van der Waals surface area (Å²) < 4.78 is 7.08. The fourth-order valence-electron chi connectivity index (χ4n) is 4.51. The topological polar surface area (TPSA) is 73.7 Å². The van der Waals surface area contributed by atoms with Gasteiger partial charge in [0.1, 0.15) is 5.75 Å². The molecule has 186 valence electrons. The standard InChI is InChI=1S/C29H32N4O3/c1-5-32(6-2)24-14-10-21(11-15-24)19-33-27(22-12-16-25(36-4)17-13-22)26(29(35)31-33)30-28(34)23-9-7-8-20(3)18-23/h7-19,26-27H,5-6H2,1-4H3,(H-,30,31,34,35)/p+1/t26-,27+/m1/s1. The Balaban J connectivity index is 1.67. The fourth-order valence-corrected chi connectivity index (χ4v) is 4.51. The van der Waals surface area contributed by atoms with Crippen molar-refractivity contribution in [3.8, 4) is 5.75 Å². The first-order valence-electron chi connectivity index (χ1n) is 12.2. The zero-order valence-electron chi connectivity index (χ0n) is 21.2. The maximum atomic E-state index is 13.1. The predicted octanol–water partition coefficient (Wildman–Crippen LogP) is 3.87. The van der Waals surface area contributed by atoms with Crippen LogP contribution in [-0.4, -0.2) is 49.0 Å². The number of benzene rings is 3. The van der Waals surface area contributed by atoms with E-state index in [2.05, 4.69) is 41.6 Å². The zero-order chi connectivity index (χ0) is 25.7. The quantitative estimate of drug-likeness (QED) is 0.475. The number of rotatable bonds is 8. The van der Waals surface area contributed by atoms with Gasteiger partial charge in [-0.05, 0) is 81.4 Å². The maximum Gasteiger partial charge on any atom is 0.304 e. The fraction of sp³-hybridized carbons (Fsp3) is 0.276. The first kappa shape index (κ1) is 25.0. The van der Waals surface area contributed by atoms with Crippen LogP contribution < -0.4 is 20.4 Å². The van der Waals surface area contributed by atoms with Crippen LogP contribution in [0.15, 0.2) is 72.8 Å². The lowest BCUT2D eigenvalue weighted by atomic mass is 9.99. The van der Waals surface area contributed by atoms with Crippen molar-refractivity contribution in [2.24, 2.45) is 0 Å². The van der Waals surface area contributed by atoms with E-state index in [1.54, 1.807) is 17.9 Å². The average Bonchev–Trinajstić information content (AvgIpc) is 3.19. The van der Waals surface area contributed by atoms with E-state index >= 15 is 0 Å². The molecule has 0 bridgehead atoms. The van der Waals surface area contributed by atoms with Crippen LogP contribution in [0.5, 0.6) is 5.75 Å². The lowest BCUT2D eigenvalue weighted by Gasteiger charge is -2.20. The van der Waals surface area contributed by atoms with E-state index < -0.39 is 12.1 Å². The van der Waals surface area contributed by atoms with Gasteiger partial charge in [-0.3, -0.25) is 9.59 Å². The molecule has 0 aromatic heterocycles. The van der Waals surface area contributed by atoms with Crippen LogP contribution >= 0.6 is 0 Å². The number of hydrogen-bond acceptors (Lipinski definition) is 4. The number of anilines is 1. The third-order valence-corrected chi connectivity index (χ3v) is 6.47. The normalized spacial score (nSPS) is 18.1. The van der Waals surface area contributed by atoms with Gasteiger partial charge in [-0.1, -0.05) is 17.7 Å². The summed E-state index contributed by atoms with van der Waals surface area (Å²) in [7, 11) is 1.61. The highest BCUT2D eigenvalue weighted by molar-refractivity contribution is 5.98. The molecule has 7 heteroatoms. The Labute approximate surface area is 212 Å². The Hall–Kier alpha value is -4.13. The summed E-state index contributed by atoms with van der Waals surface area (Å²) in [5.41, 5.74) is 7.40. The molecule has 36 heavy (non-hydrogen) atoms. The second-order valence-corrected chi connectivity index (χ2v) is 8.81. The monoisotopic (exact) mass is 485 g/mol. The van der Waals surface area contributed by atoms with Gasteiger partial charge < -0.3 is 15.0 Å². The van der Waals surface area contributed by atoms with Crippen molar-refractivity contribution in [3.05, 3.63) is 95.1 Å². The van der Waals surface area contributed by atoms with Crippen LogP contribution in [-0.2, 0) is 4.79 Å². The van der Waals surface area contributed by atoms with Gasteiger partial charge in [0, 0.05) is 35.5 Å². The third kappa shape index (κ3) is 5.40. The molecule has 1 aliphatic rings. The summed E-state index contributed by atoms with van der Waals surface area (Å²) >= 11 is 0. The van der Waals surface area contributed by atoms with Gasteiger partial charge in [-0.25, -0.2) is 0 Å². The molecule has 2 N–H and O–H groups in total. The van der Waals surface area contributed by atoms with Gasteiger partial charge in [0.25, 0.3) is 5.91 Å². The van der Waals surface area contributed by atoms with Crippen LogP contribution in [0.1, 0.15) is 46.9 Å². The Bertz CT molecular complexity index is 1250. The van der Waals surface area contributed by atoms with Crippen molar-refractivity contribution in [3.63, 3.8) is 0 Å². The van der Waals surface area contributed by atoms with Crippen molar-refractivity contribution in [2.45, 2.75) is 32.9 Å². The molecule has 0 radical (unpaired) electrons. The number of carbonyl (C=O) groups excluding carboxylic acids is 2. The Morgan fingerprint density at radius 3 is 2.36 bits per heavy atom. The molecule has 2 amide bonds. The minimum Gasteiger partial charge on any atom is -0.497 e. The summed E-state index contributed by atoms with van der Waals surface area (Å²) in [5.74, 6) is 0.162. The third-order valence-electron chi connectivity index (χ3n) is 6.47. The Morgan fingerprint density at radius 2 is 1.75 bits per heavy atom. The number of aryl methyl sites for hydroxylation is 1. The molecule has 0 unspecified atom stereocenters. The molecule has 0 saturated carbocycles. The molecule has 7 nitrogen and oxygen atoms in total. The van der Waals surface area contributed by atoms with Gasteiger partial charge in [-0.2, -0.15) is 0 Å². The molecule has 0 spiro atoms. The van der Waals surface area contributed by atoms with Gasteiger partial charge in [-0.15, -0.1) is 10.1 Å². The summed E-state index contributed by atoms with van der Waals surface area (Å²) in [5, 5.41) is 2.95. The number of nitrogens with zero attached hydrogens (tertiary/aromatic N) is 2. The Kier molecular flexibility index (Phi) is 7.68. The molecular formula is C29H33N4O3+. The van der Waals surface area contributed by atoms with E-state index in [4.69, 9.17) is 4.74 Å². The number of carbonyl (C=O) groups is 2. The van der Waals surface area contributed by atoms with Crippen LogP contribution in [0.4, 0.5) is 5.69 Å². The smallest absolute Gasteiger partial charge is 0.304 e. The molecule has 1 heterocycles. The van der Waals surface area contributed by atoms with Crippen LogP contribution in [0.3, 0.4) is 0 Å². The second-order valence-electron chi connectivity index (χ2n) is 8.81. The van der Waals surface area contributed by atoms with Crippen molar-refractivity contribution in [1.29, 1.82) is 0 Å². The molecule has 3 aromatic carbocycles. The summed E-state index contributed by atoms with van der Waals surface area (Å²) in [6, 6.07) is 21.9. The number of nitrogens with one attached hydrogen (secondary N) is 2. The van der Waals surface area contributed by atoms with Crippen molar-refractivity contribution in [1.82, 2.24) is 10.7 Å². The lowest BCUT2D eigenvalue weighted by molar-refractivity contribution is -0.596. The average molecular weight is 486 g/mol. The SMILES string of the molecule is CCN(CC)c1ccc(/C=[N+]2\NC(=O)[C@H](NC(=O)c3cccc(C)c3)[C@@H]2c2ccc(OC)cc2)cc1. The van der Waals surface area contributed by atoms with Crippen LogP contribution in [0.2, 0.25) is 0 Å². The number of methoxy groups -OCH3 is 1. The first-order valence-corrected chi connectivity index (χ1v) is 12.2. The van der Waals surface area contributed by atoms with Crippen molar-refractivity contribution < 1.29 is 19.0 Å². The van der Waals surface area contributed by atoms with Gasteiger partial charge in [0.05, 0.1) is 7.11 Å². The molecule has 1 aliphatic heterocycles. The molecule has 3 aromatic rings. The van der Waals surface area contributed by atoms with E-state index in [0.717, 1.165) is 41.2 Å². The number of hydrogen-bond donors (Lipinski definition) is 2. The van der Waals surface area contributed by atoms with Gasteiger partial charge in [0.2, 0.25) is 12.3 Å². The van der Waals surface area contributed by atoms with E-state index in [0.29, 0.717) is 5.56 Å². The number of hydrazone groups is 1. The highest BCUT2D eigenvalue weighted by Gasteiger charge is 2.47. The highest BCUT2D eigenvalue weighted by atomic mass is 16.5. The highest BCUT2D eigenvalue weighted by Crippen LogP contribution is 2.27. The van der Waals surface area contributed by atoms with Crippen LogP contribution in [0.25, 0.3) is 0 Å². The molecule has 1 saturated heterocycles. The predicted molar refractivity (Wildman–Crippen MR) is 142 cm³/mol. The zero-order valence-corrected chi connectivity index (χ0v) is 21.2. The number of ether oxygens (including phenoxy) is 1. The summed E-state index contributed by atoms with van der Waals surface area (Å²) in [6.45, 7) is 8.07. The van der Waals surface area contributed by atoms with E-state index in [1.807, 2.05) is 67.7 Å². The molecule has 1 fully saturated rings. The Morgan fingerprint density at radius 1 is 1.06 bits per heavy atom. The van der Waals surface area contributed by atoms with Crippen molar-refractivity contribution in [2.75, 3.05) is 25.1 Å². The molecular weight excluding hydrogens is 452 g/mol. The first-order chi connectivity index (χ1) is 17.4. The largest absolute Gasteiger partial charge is 0.497 e. The minimum atomic E-state index is -0.780. The lowest BCUT2D eigenvalue weighted by Crippen LogP contribution is -2.42. The number of amides is 2. The van der Waals surface area contributed by atoms with Crippen LogP contribution in [0, 0.1) is 6.92 Å².